The number of carbonyl (C=O) groups excluding carboxylic acids is 1. The molecule has 0 saturated heterocycles. The van der Waals surface area contributed by atoms with Crippen molar-refractivity contribution >= 4 is 62.1 Å². The lowest BCUT2D eigenvalue weighted by Gasteiger charge is -2.10. The molecule has 122 valence electrons. The maximum absolute atomic E-state index is 12.3. The van der Waals surface area contributed by atoms with Crippen molar-refractivity contribution in [1.29, 1.82) is 0 Å². The number of nitrogens with one attached hydrogen (secondary N) is 2. The number of carbonyl (C=O) groups is 1. The van der Waals surface area contributed by atoms with E-state index in [1.165, 1.54) is 30.3 Å². The Kier molecular flexibility index (Phi) is 5.41. The molecule has 0 fully saturated rings. The van der Waals surface area contributed by atoms with E-state index in [2.05, 4.69) is 10.0 Å². The van der Waals surface area contributed by atoms with E-state index in [1.807, 2.05) is 0 Å². The first kappa shape index (κ1) is 17.9. The van der Waals surface area contributed by atoms with Crippen molar-refractivity contribution in [3.63, 3.8) is 0 Å². The van der Waals surface area contributed by atoms with E-state index in [4.69, 9.17) is 34.8 Å². The van der Waals surface area contributed by atoms with Gasteiger partial charge in [0.25, 0.3) is 5.91 Å². The van der Waals surface area contributed by atoms with Gasteiger partial charge in [-0.25, -0.2) is 8.42 Å². The molecule has 0 aromatic heterocycles. The molecule has 0 heterocycles. The fourth-order valence-corrected chi connectivity index (χ4v) is 2.90. The molecule has 0 radical (unpaired) electrons. The highest BCUT2D eigenvalue weighted by Gasteiger charge is 2.12. The molecule has 9 heteroatoms. The molecule has 0 aliphatic heterocycles. The van der Waals surface area contributed by atoms with Crippen molar-refractivity contribution in [3.05, 3.63) is 57.0 Å². The van der Waals surface area contributed by atoms with Gasteiger partial charge in [0.05, 0.1) is 27.0 Å². The molecular formula is C14H11Cl3N2O3S. The molecule has 0 atom stereocenters. The third-order valence-electron chi connectivity index (χ3n) is 2.69. The maximum atomic E-state index is 12.3. The third kappa shape index (κ3) is 5.00. The minimum absolute atomic E-state index is 0.234. The summed E-state index contributed by atoms with van der Waals surface area (Å²) in [6, 6.07) is 8.88. The second-order valence-corrected chi connectivity index (χ2v) is 7.63. The van der Waals surface area contributed by atoms with Crippen LogP contribution >= 0.6 is 34.8 Å². The molecule has 0 aliphatic rings. The van der Waals surface area contributed by atoms with Crippen LogP contribution in [-0.2, 0) is 10.0 Å². The van der Waals surface area contributed by atoms with E-state index in [0.29, 0.717) is 5.69 Å². The monoisotopic (exact) mass is 392 g/mol. The average molecular weight is 394 g/mol. The number of amides is 1. The minimum Gasteiger partial charge on any atom is -0.321 e. The Morgan fingerprint density at radius 3 is 2.30 bits per heavy atom. The summed E-state index contributed by atoms with van der Waals surface area (Å²) in [5.74, 6) is -0.470. The van der Waals surface area contributed by atoms with Crippen LogP contribution in [0.3, 0.4) is 0 Å². The summed E-state index contributed by atoms with van der Waals surface area (Å²) in [4.78, 5) is 12.3. The molecule has 0 saturated carbocycles. The zero-order chi connectivity index (χ0) is 17.2. The van der Waals surface area contributed by atoms with Crippen LogP contribution in [0.5, 0.6) is 0 Å². The van der Waals surface area contributed by atoms with E-state index in [9.17, 15) is 13.2 Å². The van der Waals surface area contributed by atoms with E-state index < -0.39 is 15.9 Å². The zero-order valence-corrected chi connectivity index (χ0v) is 14.8. The summed E-state index contributed by atoms with van der Waals surface area (Å²) < 4.78 is 24.8. The van der Waals surface area contributed by atoms with Gasteiger partial charge in [0.2, 0.25) is 10.0 Å². The van der Waals surface area contributed by atoms with Gasteiger partial charge in [-0.3, -0.25) is 9.52 Å². The first-order valence-electron chi connectivity index (χ1n) is 6.19. The van der Waals surface area contributed by atoms with Crippen LogP contribution in [-0.4, -0.2) is 20.6 Å². The van der Waals surface area contributed by atoms with Crippen LogP contribution in [0.25, 0.3) is 0 Å². The first-order chi connectivity index (χ1) is 10.7. The highest BCUT2D eigenvalue weighted by atomic mass is 35.5. The van der Waals surface area contributed by atoms with Crippen LogP contribution in [0.15, 0.2) is 36.4 Å². The zero-order valence-electron chi connectivity index (χ0n) is 11.7. The van der Waals surface area contributed by atoms with E-state index in [0.717, 1.165) is 6.26 Å². The van der Waals surface area contributed by atoms with Gasteiger partial charge in [0.15, 0.2) is 0 Å². The number of benzene rings is 2. The van der Waals surface area contributed by atoms with E-state index in [-0.39, 0.29) is 26.3 Å². The Balaban J connectivity index is 2.25. The van der Waals surface area contributed by atoms with Crippen molar-refractivity contribution in [2.24, 2.45) is 0 Å². The van der Waals surface area contributed by atoms with Crippen LogP contribution in [0.4, 0.5) is 11.4 Å². The predicted octanol–water partition coefficient (Wildman–Crippen LogP) is 4.27. The summed E-state index contributed by atoms with van der Waals surface area (Å²) in [7, 11) is -3.43. The van der Waals surface area contributed by atoms with Gasteiger partial charge >= 0.3 is 0 Å². The maximum Gasteiger partial charge on any atom is 0.255 e. The van der Waals surface area contributed by atoms with Crippen molar-refractivity contribution in [3.8, 4) is 0 Å². The quantitative estimate of drug-likeness (QED) is 0.762. The number of halogens is 3. The second kappa shape index (κ2) is 6.97. The lowest BCUT2D eigenvalue weighted by atomic mass is 10.2. The molecular weight excluding hydrogens is 383 g/mol. The number of rotatable bonds is 4. The molecule has 0 spiro atoms. The normalized spacial score (nSPS) is 11.1. The molecule has 0 aliphatic carbocycles. The average Bonchev–Trinajstić information content (AvgIpc) is 2.43. The van der Waals surface area contributed by atoms with Gasteiger partial charge in [-0.05, 0) is 30.3 Å². The number of sulfonamides is 1. The van der Waals surface area contributed by atoms with Gasteiger partial charge in [0, 0.05) is 11.3 Å². The van der Waals surface area contributed by atoms with Gasteiger partial charge in [-0.15, -0.1) is 0 Å². The van der Waals surface area contributed by atoms with Crippen molar-refractivity contribution in [1.82, 2.24) is 0 Å². The Labute approximate surface area is 148 Å². The Hall–Kier alpha value is -1.47. The standard InChI is InChI=1S/C14H11Cl3N2O3S/c1-23(21,22)19-9-4-2-3-8(5-9)14(20)18-13-7-11(16)10(15)6-12(13)17/h2-7,19H,1H3,(H,18,20). The highest BCUT2D eigenvalue weighted by molar-refractivity contribution is 7.92. The fourth-order valence-electron chi connectivity index (χ4n) is 1.75. The molecule has 0 bridgehead atoms. The van der Waals surface area contributed by atoms with Crippen molar-refractivity contribution in [2.75, 3.05) is 16.3 Å². The smallest absolute Gasteiger partial charge is 0.255 e. The van der Waals surface area contributed by atoms with Crippen molar-refractivity contribution < 1.29 is 13.2 Å². The molecule has 2 aromatic carbocycles. The molecule has 5 nitrogen and oxygen atoms in total. The molecule has 1 amide bonds. The summed E-state index contributed by atoms with van der Waals surface area (Å²) in [6.45, 7) is 0. The molecule has 0 unspecified atom stereocenters. The lowest BCUT2D eigenvalue weighted by molar-refractivity contribution is 0.102. The third-order valence-corrected chi connectivity index (χ3v) is 4.33. The van der Waals surface area contributed by atoms with Gasteiger partial charge in [-0.1, -0.05) is 40.9 Å². The predicted molar refractivity (Wildman–Crippen MR) is 94.3 cm³/mol. The number of hydrogen-bond acceptors (Lipinski definition) is 3. The topological polar surface area (TPSA) is 75.3 Å². The Morgan fingerprint density at radius 2 is 1.65 bits per heavy atom. The van der Waals surface area contributed by atoms with E-state index in [1.54, 1.807) is 6.07 Å². The number of anilines is 2. The van der Waals surface area contributed by atoms with Gasteiger partial charge < -0.3 is 5.32 Å². The van der Waals surface area contributed by atoms with Crippen LogP contribution < -0.4 is 10.0 Å². The van der Waals surface area contributed by atoms with Gasteiger partial charge in [-0.2, -0.15) is 0 Å². The highest BCUT2D eigenvalue weighted by Crippen LogP contribution is 2.32. The lowest BCUT2D eigenvalue weighted by Crippen LogP contribution is -2.14. The minimum atomic E-state index is -3.43. The number of hydrogen-bond donors (Lipinski definition) is 2. The largest absolute Gasteiger partial charge is 0.321 e. The van der Waals surface area contributed by atoms with E-state index >= 15 is 0 Å². The second-order valence-electron chi connectivity index (χ2n) is 4.66. The molecule has 23 heavy (non-hydrogen) atoms. The molecule has 2 aromatic rings. The van der Waals surface area contributed by atoms with Crippen LogP contribution in [0, 0.1) is 0 Å². The van der Waals surface area contributed by atoms with Crippen LogP contribution in [0.1, 0.15) is 10.4 Å². The summed E-state index contributed by atoms with van der Waals surface area (Å²) >= 11 is 17.7. The van der Waals surface area contributed by atoms with Gasteiger partial charge in [0.1, 0.15) is 0 Å². The Morgan fingerprint density at radius 1 is 1.00 bits per heavy atom. The van der Waals surface area contributed by atoms with Crippen LogP contribution in [0.2, 0.25) is 15.1 Å². The molecule has 2 N–H and O–H groups in total. The Bertz CT molecular complexity index is 870. The first-order valence-corrected chi connectivity index (χ1v) is 9.22. The summed E-state index contributed by atoms with van der Waals surface area (Å²) in [5, 5.41) is 3.35. The molecule has 2 rings (SSSR count). The SMILES string of the molecule is CS(=O)(=O)Nc1cccc(C(=O)Nc2cc(Cl)c(Cl)cc2Cl)c1. The summed E-state index contributed by atoms with van der Waals surface area (Å²) in [5.41, 5.74) is 0.828. The summed E-state index contributed by atoms with van der Waals surface area (Å²) in [6.07, 6.45) is 1.02. The van der Waals surface area contributed by atoms with Crippen molar-refractivity contribution in [2.45, 2.75) is 0 Å². The fraction of sp³-hybridized carbons (Fsp3) is 0.0714.